The van der Waals surface area contributed by atoms with Gasteiger partial charge in [-0.1, -0.05) is 44.2 Å². The maximum atomic E-state index is 13.6. The van der Waals surface area contributed by atoms with Crippen LogP contribution in [0.3, 0.4) is 0 Å². The second-order valence-electron chi connectivity index (χ2n) is 9.98. The maximum Gasteiger partial charge on any atom is 0.407 e. The molecule has 0 spiro atoms. The van der Waals surface area contributed by atoms with E-state index in [0.29, 0.717) is 32.4 Å². The first-order chi connectivity index (χ1) is 15.5. The van der Waals surface area contributed by atoms with Crippen molar-refractivity contribution < 1.29 is 23.9 Å². The van der Waals surface area contributed by atoms with Crippen LogP contribution in [-0.4, -0.2) is 66.8 Å². The molecular formula is C25H39N3O5. The molecule has 1 fully saturated rings. The summed E-state index contributed by atoms with van der Waals surface area (Å²) in [7, 11) is 1.35. The topological polar surface area (TPSA) is 97.0 Å². The van der Waals surface area contributed by atoms with Crippen molar-refractivity contribution in [1.29, 1.82) is 0 Å². The molecule has 2 N–H and O–H groups in total. The summed E-state index contributed by atoms with van der Waals surface area (Å²) in [6.07, 6.45) is 1.09. The lowest BCUT2D eigenvalue weighted by atomic mass is 10.00. The molecule has 0 bridgehead atoms. The van der Waals surface area contributed by atoms with Crippen molar-refractivity contribution in [3.8, 4) is 0 Å². The van der Waals surface area contributed by atoms with Crippen LogP contribution < -0.4 is 10.6 Å². The van der Waals surface area contributed by atoms with Gasteiger partial charge >= 0.3 is 12.1 Å². The molecule has 3 atom stereocenters. The van der Waals surface area contributed by atoms with E-state index < -0.39 is 29.7 Å². The summed E-state index contributed by atoms with van der Waals surface area (Å²) >= 11 is 0. The van der Waals surface area contributed by atoms with E-state index in [1.54, 1.807) is 4.90 Å². The van der Waals surface area contributed by atoms with E-state index in [9.17, 15) is 14.4 Å². The van der Waals surface area contributed by atoms with Crippen molar-refractivity contribution in [2.75, 3.05) is 20.2 Å². The molecule has 33 heavy (non-hydrogen) atoms. The molecule has 1 heterocycles. The highest BCUT2D eigenvalue weighted by molar-refractivity contribution is 5.88. The Morgan fingerprint density at radius 1 is 1.21 bits per heavy atom. The number of methoxy groups -OCH3 is 1. The van der Waals surface area contributed by atoms with Crippen molar-refractivity contribution in [1.82, 2.24) is 15.5 Å². The minimum Gasteiger partial charge on any atom is -0.467 e. The molecule has 1 saturated heterocycles. The molecule has 1 aliphatic heterocycles. The number of rotatable bonds is 8. The van der Waals surface area contributed by atoms with Crippen LogP contribution in [0.1, 0.15) is 53.0 Å². The number of amides is 2. The van der Waals surface area contributed by atoms with Crippen LogP contribution in [-0.2, 0) is 25.5 Å². The predicted molar refractivity (Wildman–Crippen MR) is 127 cm³/mol. The number of hydrogen-bond acceptors (Lipinski definition) is 6. The van der Waals surface area contributed by atoms with Crippen molar-refractivity contribution in [3.63, 3.8) is 0 Å². The average molecular weight is 462 g/mol. The Morgan fingerprint density at radius 2 is 1.88 bits per heavy atom. The van der Waals surface area contributed by atoms with Gasteiger partial charge in [0.05, 0.1) is 13.2 Å². The Morgan fingerprint density at radius 3 is 2.45 bits per heavy atom. The Hall–Kier alpha value is -2.61. The van der Waals surface area contributed by atoms with Gasteiger partial charge in [0.2, 0.25) is 5.91 Å². The summed E-state index contributed by atoms with van der Waals surface area (Å²) in [6, 6.07) is 8.44. The lowest BCUT2D eigenvalue weighted by molar-refractivity contribution is -0.154. The van der Waals surface area contributed by atoms with Crippen molar-refractivity contribution in [3.05, 3.63) is 35.9 Å². The third-order valence-corrected chi connectivity index (χ3v) is 5.46. The fraction of sp³-hybridized carbons (Fsp3) is 0.640. The number of nitrogens with zero attached hydrogens (tertiary/aromatic N) is 1. The van der Waals surface area contributed by atoms with E-state index in [1.165, 1.54) is 7.11 Å². The molecule has 2 amide bonds. The van der Waals surface area contributed by atoms with Gasteiger partial charge in [0.1, 0.15) is 11.6 Å². The molecule has 1 aliphatic rings. The van der Waals surface area contributed by atoms with Crippen LogP contribution in [0.5, 0.6) is 0 Å². The molecule has 2 rings (SSSR count). The highest BCUT2D eigenvalue weighted by Crippen LogP contribution is 2.20. The van der Waals surface area contributed by atoms with E-state index in [2.05, 4.69) is 10.6 Å². The zero-order valence-corrected chi connectivity index (χ0v) is 20.7. The number of benzene rings is 1. The minimum atomic E-state index is -0.639. The van der Waals surface area contributed by atoms with Crippen molar-refractivity contribution in [2.45, 2.75) is 77.6 Å². The van der Waals surface area contributed by atoms with E-state index in [4.69, 9.17) is 9.47 Å². The molecule has 8 heteroatoms. The highest BCUT2D eigenvalue weighted by Gasteiger charge is 2.38. The molecule has 184 valence electrons. The van der Waals surface area contributed by atoms with Crippen LogP contribution in [0, 0.1) is 5.92 Å². The van der Waals surface area contributed by atoms with Gasteiger partial charge in [-0.3, -0.25) is 4.79 Å². The van der Waals surface area contributed by atoms with Crippen LogP contribution in [0.25, 0.3) is 0 Å². The van der Waals surface area contributed by atoms with Gasteiger partial charge in [0.15, 0.2) is 0 Å². The van der Waals surface area contributed by atoms with E-state index in [-0.39, 0.29) is 17.9 Å². The monoisotopic (exact) mass is 461 g/mol. The van der Waals surface area contributed by atoms with E-state index in [0.717, 1.165) is 5.56 Å². The quantitative estimate of drug-likeness (QED) is 0.578. The summed E-state index contributed by atoms with van der Waals surface area (Å²) in [5, 5.41) is 6.21. The summed E-state index contributed by atoms with van der Waals surface area (Å²) in [4.78, 5) is 40.0. The Balaban J connectivity index is 2.22. The van der Waals surface area contributed by atoms with Crippen LogP contribution in [0.15, 0.2) is 30.3 Å². The summed E-state index contributed by atoms with van der Waals surface area (Å²) < 4.78 is 10.4. The predicted octanol–water partition coefficient (Wildman–Crippen LogP) is 2.90. The van der Waals surface area contributed by atoms with E-state index in [1.807, 2.05) is 65.0 Å². The molecule has 0 aromatic heterocycles. The number of nitrogens with one attached hydrogen (secondary N) is 2. The molecule has 0 radical (unpaired) electrons. The van der Waals surface area contributed by atoms with E-state index >= 15 is 0 Å². The number of hydrogen-bond donors (Lipinski definition) is 2. The number of carbonyl (C=O) groups excluding carboxylic acids is 3. The third-order valence-electron chi connectivity index (χ3n) is 5.46. The first-order valence-electron chi connectivity index (χ1n) is 11.6. The Bertz CT molecular complexity index is 791. The van der Waals surface area contributed by atoms with Gasteiger partial charge in [-0.25, -0.2) is 9.59 Å². The standard InChI is InChI=1S/C25H39N3O5/c1-17(2)14-21(23(30)32-6)28-13-12-19(16-26-24(31)33-25(3,4)5)27-20(22(28)29)15-18-10-8-7-9-11-18/h7-11,17,19-21,27H,12-16H2,1-6H3,(H,26,31)/t19-,20-,21-/m0/s1. The first kappa shape index (κ1) is 26.6. The lowest BCUT2D eigenvalue weighted by Gasteiger charge is -2.31. The molecule has 1 aromatic carbocycles. The third kappa shape index (κ3) is 8.68. The van der Waals surface area contributed by atoms with Crippen LogP contribution >= 0.6 is 0 Å². The maximum absolute atomic E-state index is 13.6. The second-order valence-corrected chi connectivity index (χ2v) is 9.98. The zero-order valence-electron chi connectivity index (χ0n) is 20.7. The van der Waals surface area contributed by atoms with Gasteiger partial charge in [-0.15, -0.1) is 0 Å². The highest BCUT2D eigenvalue weighted by atomic mass is 16.6. The molecule has 1 aromatic rings. The number of esters is 1. The minimum absolute atomic E-state index is 0.130. The Labute approximate surface area is 197 Å². The molecular weight excluding hydrogens is 422 g/mol. The second kappa shape index (κ2) is 12.0. The first-order valence-corrected chi connectivity index (χ1v) is 11.6. The molecule has 0 saturated carbocycles. The smallest absolute Gasteiger partial charge is 0.407 e. The zero-order chi connectivity index (χ0) is 24.6. The summed E-state index contributed by atoms with van der Waals surface area (Å²) in [5.74, 6) is -0.314. The van der Waals surface area contributed by atoms with Gasteiger partial charge in [-0.2, -0.15) is 0 Å². The van der Waals surface area contributed by atoms with Gasteiger partial charge in [0.25, 0.3) is 0 Å². The van der Waals surface area contributed by atoms with Gasteiger partial charge in [0, 0.05) is 19.1 Å². The Kier molecular flexibility index (Phi) is 9.70. The number of alkyl carbamates (subject to hydrolysis) is 1. The normalized spacial score (nSPS) is 20.2. The van der Waals surface area contributed by atoms with Crippen molar-refractivity contribution in [2.24, 2.45) is 5.92 Å². The summed E-state index contributed by atoms with van der Waals surface area (Å²) in [6.45, 7) is 10.2. The van der Waals surface area contributed by atoms with Gasteiger partial charge < -0.3 is 25.0 Å². The largest absolute Gasteiger partial charge is 0.467 e. The molecule has 8 nitrogen and oxygen atoms in total. The average Bonchev–Trinajstić information content (AvgIpc) is 2.88. The fourth-order valence-electron chi connectivity index (χ4n) is 3.96. The lowest BCUT2D eigenvalue weighted by Crippen LogP contribution is -2.53. The van der Waals surface area contributed by atoms with Crippen LogP contribution in [0.2, 0.25) is 0 Å². The molecule has 0 unspecified atom stereocenters. The number of ether oxygens (including phenoxy) is 2. The van der Waals surface area contributed by atoms with Crippen LogP contribution in [0.4, 0.5) is 4.79 Å². The number of carbonyl (C=O) groups is 3. The van der Waals surface area contributed by atoms with Gasteiger partial charge in [-0.05, 0) is 51.5 Å². The SMILES string of the molecule is COC(=O)[C@H](CC(C)C)N1CC[C@@H](CNC(=O)OC(C)(C)C)N[C@@H](Cc2ccccc2)C1=O. The molecule has 0 aliphatic carbocycles. The summed E-state index contributed by atoms with van der Waals surface area (Å²) in [5.41, 5.74) is 0.427. The fourth-order valence-corrected chi connectivity index (χ4v) is 3.96. The van der Waals surface area contributed by atoms with Crippen molar-refractivity contribution >= 4 is 18.0 Å².